The third-order valence-electron chi connectivity index (χ3n) is 3.99. The lowest BCUT2D eigenvalue weighted by molar-refractivity contribution is 0.0359. The summed E-state index contributed by atoms with van der Waals surface area (Å²) in [6.07, 6.45) is 1.85. The van der Waals surface area contributed by atoms with Crippen molar-refractivity contribution in [2.45, 2.75) is 18.4 Å². The highest BCUT2D eigenvalue weighted by Crippen LogP contribution is 2.46. The number of rotatable bonds is 1. The summed E-state index contributed by atoms with van der Waals surface area (Å²) in [6, 6.07) is 10.1. The van der Waals surface area contributed by atoms with Crippen molar-refractivity contribution < 1.29 is 5.11 Å². The third-order valence-corrected chi connectivity index (χ3v) is 3.99. The summed E-state index contributed by atoms with van der Waals surface area (Å²) in [7, 11) is 0. The number of hydrogen-bond acceptors (Lipinski definition) is 2. The molecule has 2 aliphatic rings. The molecule has 1 aliphatic carbocycles. The minimum Gasteiger partial charge on any atom is -0.385 e. The van der Waals surface area contributed by atoms with Gasteiger partial charge in [-0.2, -0.15) is 0 Å². The van der Waals surface area contributed by atoms with Crippen LogP contribution in [0.3, 0.4) is 0 Å². The number of nitrogens with one attached hydrogen (secondary N) is 1. The molecule has 0 radical (unpaired) electrons. The summed E-state index contributed by atoms with van der Waals surface area (Å²) in [5.41, 5.74) is 0.540. The lowest BCUT2D eigenvalue weighted by Crippen LogP contribution is -2.25. The molecule has 2 heteroatoms. The van der Waals surface area contributed by atoms with Gasteiger partial charge in [-0.3, -0.25) is 0 Å². The van der Waals surface area contributed by atoms with Gasteiger partial charge in [0.05, 0.1) is 5.60 Å². The van der Waals surface area contributed by atoms with Gasteiger partial charge in [0.15, 0.2) is 0 Å². The molecule has 2 fully saturated rings. The van der Waals surface area contributed by atoms with Gasteiger partial charge in [-0.05, 0) is 43.3 Å². The van der Waals surface area contributed by atoms with E-state index in [1.54, 1.807) is 0 Å². The molecule has 0 unspecified atom stereocenters. The maximum Gasteiger partial charge on any atom is 0.0903 e. The number of fused-ring (bicyclic) bond motifs is 1. The first-order valence-electron chi connectivity index (χ1n) is 5.76. The first-order valence-corrected chi connectivity index (χ1v) is 5.76. The maximum atomic E-state index is 10.6. The molecular formula is C13H17NO. The van der Waals surface area contributed by atoms with Crippen LogP contribution < -0.4 is 5.32 Å². The van der Waals surface area contributed by atoms with Crippen molar-refractivity contribution in [3.05, 3.63) is 35.9 Å². The van der Waals surface area contributed by atoms with E-state index in [2.05, 4.69) is 17.4 Å². The number of hydrogen-bond donors (Lipinski definition) is 2. The van der Waals surface area contributed by atoms with Gasteiger partial charge in [-0.15, -0.1) is 0 Å². The van der Waals surface area contributed by atoms with E-state index in [-0.39, 0.29) is 0 Å². The zero-order valence-corrected chi connectivity index (χ0v) is 8.82. The van der Waals surface area contributed by atoms with Gasteiger partial charge in [0, 0.05) is 0 Å². The molecule has 1 saturated heterocycles. The smallest absolute Gasteiger partial charge is 0.0903 e. The Morgan fingerprint density at radius 2 is 1.67 bits per heavy atom. The summed E-state index contributed by atoms with van der Waals surface area (Å²) in [5, 5.41) is 14.0. The predicted molar refractivity (Wildman–Crippen MR) is 59.4 cm³/mol. The van der Waals surface area contributed by atoms with E-state index in [9.17, 15) is 5.11 Å². The topological polar surface area (TPSA) is 32.3 Å². The van der Waals surface area contributed by atoms with Crippen LogP contribution in [0.4, 0.5) is 0 Å². The van der Waals surface area contributed by atoms with Gasteiger partial charge < -0.3 is 10.4 Å². The summed E-state index contributed by atoms with van der Waals surface area (Å²) in [5.74, 6) is 1.35. The van der Waals surface area contributed by atoms with Gasteiger partial charge in [0.25, 0.3) is 0 Å². The molecule has 0 bridgehead atoms. The molecule has 1 aliphatic heterocycles. The molecule has 15 heavy (non-hydrogen) atoms. The van der Waals surface area contributed by atoms with Crippen molar-refractivity contribution >= 4 is 0 Å². The first-order chi connectivity index (χ1) is 7.28. The summed E-state index contributed by atoms with van der Waals surface area (Å²) >= 11 is 0. The molecule has 3 atom stereocenters. The summed E-state index contributed by atoms with van der Waals surface area (Å²) in [4.78, 5) is 0. The fourth-order valence-corrected chi connectivity index (χ4v) is 3.20. The highest BCUT2D eigenvalue weighted by molar-refractivity contribution is 5.24. The lowest BCUT2D eigenvalue weighted by Gasteiger charge is -2.24. The van der Waals surface area contributed by atoms with Crippen LogP contribution in [0.1, 0.15) is 18.4 Å². The van der Waals surface area contributed by atoms with Gasteiger partial charge in [-0.25, -0.2) is 0 Å². The van der Waals surface area contributed by atoms with Crippen molar-refractivity contribution in [1.29, 1.82) is 0 Å². The van der Waals surface area contributed by atoms with Gasteiger partial charge in [0.2, 0.25) is 0 Å². The van der Waals surface area contributed by atoms with E-state index >= 15 is 0 Å². The molecule has 0 amide bonds. The molecule has 80 valence electrons. The monoisotopic (exact) mass is 203 g/mol. The molecule has 1 heterocycles. The van der Waals surface area contributed by atoms with Crippen LogP contribution in [0.15, 0.2) is 30.3 Å². The second kappa shape index (κ2) is 3.32. The minimum atomic E-state index is -0.557. The van der Waals surface area contributed by atoms with E-state index in [4.69, 9.17) is 0 Å². The normalized spacial score (nSPS) is 39.3. The van der Waals surface area contributed by atoms with Crippen molar-refractivity contribution in [3.8, 4) is 0 Å². The van der Waals surface area contributed by atoms with Crippen LogP contribution in [0.2, 0.25) is 0 Å². The molecule has 0 spiro atoms. The Kier molecular flexibility index (Phi) is 2.08. The maximum absolute atomic E-state index is 10.6. The SMILES string of the molecule is O[C@]1(c2ccccc2)C[C@H]2CNC[C@H]2C1. The Bertz CT molecular complexity index is 337. The van der Waals surface area contributed by atoms with Gasteiger partial charge in [-0.1, -0.05) is 30.3 Å². The van der Waals surface area contributed by atoms with Crippen LogP contribution in [0.5, 0.6) is 0 Å². The Labute approximate surface area is 90.3 Å². The first kappa shape index (κ1) is 9.37. The molecule has 1 saturated carbocycles. The van der Waals surface area contributed by atoms with Crippen molar-refractivity contribution in [2.75, 3.05) is 13.1 Å². The van der Waals surface area contributed by atoms with Crippen LogP contribution >= 0.6 is 0 Å². The molecule has 2 N–H and O–H groups in total. The Hall–Kier alpha value is -0.860. The lowest BCUT2D eigenvalue weighted by atomic mass is 9.91. The average molecular weight is 203 g/mol. The molecule has 0 aromatic heterocycles. The minimum absolute atomic E-state index is 0.557. The Morgan fingerprint density at radius 3 is 2.27 bits per heavy atom. The summed E-state index contributed by atoms with van der Waals surface area (Å²) in [6.45, 7) is 2.17. The number of benzene rings is 1. The third kappa shape index (κ3) is 1.48. The quantitative estimate of drug-likeness (QED) is 0.725. The second-order valence-corrected chi connectivity index (χ2v) is 4.98. The molecular weight excluding hydrogens is 186 g/mol. The van der Waals surface area contributed by atoms with Crippen LogP contribution in [0, 0.1) is 11.8 Å². The molecule has 2 nitrogen and oxygen atoms in total. The van der Waals surface area contributed by atoms with Gasteiger partial charge >= 0.3 is 0 Å². The molecule has 3 rings (SSSR count). The van der Waals surface area contributed by atoms with Crippen molar-refractivity contribution in [2.24, 2.45) is 11.8 Å². The molecule has 1 aromatic rings. The van der Waals surface area contributed by atoms with Crippen molar-refractivity contribution in [1.82, 2.24) is 5.32 Å². The largest absolute Gasteiger partial charge is 0.385 e. The van der Waals surface area contributed by atoms with Crippen molar-refractivity contribution in [3.63, 3.8) is 0 Å². The second-order valence-electron chi connectivity index (χ2n) is 4.98. The highest BCUT2D eigenvalue weighted by Gasteiger charge is 2.46. The average Bonchev–Trinajstić information content (AvgIpc) is 2.78. The van der Waals surface area contributed by atoms with E-state index in [1.807, 2.05) is 18.2 Å². The predicted octanol–water partition coefficient (Wildman–Crippen LogP) is 1.50. The fourth-order valence-electron chi connectivity index (χ4n) is 3.20. The Balaban J connectivity index is 1.87. The summed E-state index contributed by atoms with van der Waals surface area (Å²) < 4.78 is 0. The van der Waals surface area contributed by atoms with Crippen LogP contribution in [-0.4, -0.2) is 18.2 Å². The zero-order valence-electron chi connectivity index (χ0n) is 8.82. The molecule has 1 aromatic carbocycles. The van der Waals surface area contributed by atoms with E-state index in [0.29, 0.717) is 11.8 Å². The fraction of sp³-hybridized carbons (Fsp3) is 0.538. The van der Waals surface area contributed by atoms with Crippen LogP contribution in [0.25, 0.3) is 0 Å². The number of aliphatic hydroxyl groups is 1. The van der Waals surface area contributed by atoms with E-state index in [1.165, 1.54) is 0 Å². The van der Waals surface area contributed by atoms with Crippen LogP contribution in [-0.2, 0) is 5.60 Å². The Morgan fingerprint density at radius 1 is 1.07 bits per heavy atom. The van der Waals surface area contributed by atoms with E-state index in [0.717, 1.165) is 31.5 Å². The van der Waals surface area contributed by atoms with E-state index < -0.39 is 5.60 Å². The van der Waals surface area contributed by atoms with Gasteiger partial charge in [0.1, 0.15) is 0 Å². The standard InChI is InChI=1S/C13H17NO/c15-13(12-4-2-1-3-5-12)6-10-8-14-9-11(10)7-13/h1-5,10-11,14-15H,6-9H2/t10-,11+,13+. The zero-order chi connectivity index (χ0) is 10.3. The highest BCUT2D eigenvalue weighted by atomic mass is 16.3.